The van der Waals surface area contributed by atoms with Crippen LogP contribution in [-0.2, 0) is 4.79 Å². The van der Waals surface area contributed by atoms with Gasteiger partial charge < -0.3 is 15.5 Å². The van der Waals surface area contributed by atoms with Crippen LogP contribution in [0.15, 0.2) is 18.2 Å². The Morgan fingerprint density at radius 2 is 2.17 bits per heavy atom. The lowest BCUT2D eigenvalue weighted by atomic mass is 10.1. The summed E-state index contributed by atoms with van der Waals surface area (Å²) in [7, 11) is 0. The van der Waals surface area contributed by atoms with Gasteiger partial charge in [-0.15, -0.1) is 12.3 Å². The van der Waals surface area contributed by atoms with Crippen LogP contribution in [0.1, 0.15) is 22.3 Å². The molecule has 0 aliphatic rings. The second-order valence-corrected chi connectivity index (χ2v) is 3.77. The molecule has 18 heavy (non-hydrogen) atoms. The van der Waals surface area contributed by atoms with Crippen LogP contribution in [0.4, 0.5) is 0 Å². The molecule has 0 saturated heterocycles. The number of amides is 1. The normalized spacial score (nSPS) is 11.3. The Morgan fingerprint density at radius 3 is 2.67 bits per heavy atom. The highest BCUT2D eigenvalue weighted by Crippen LogP contribution is 2.16. The van der Waals surface area contributed by atoms with Crippen molar-refractivity contribution >= 4 is 11.9 Å². The maximum Gasteiger partial charge on any atom is 0.327 e. The molecule has 0 bridgehead atoms. The SMILES string of the molecule is C#CCC(NC(=O)c1ccc(O)c(C)c1)C(=O)O. The first kappa shape index (κ1) is 13.6. The third kappa shape index (κ3) is 3.25. The zero-order valence-electron chi connectivity index (χ0n) is 9.80. The molecule has 3 N–H and O–H groups in total. The molecule has 1 atom stereocenters. The molecule has 1 amide bonds. The fourth-order valence-corrected chi connectivity index (χ4v) is 1.36. The van der Waals surface area contributed by atoms with E-state index in [1.54, 1.807) is 6.92 Å². The number of hydrogen-bond acceptors (Lipinski definition) is 3. The van der Waals surface area contributed by atoms with Crippen molar-refractivity contribution in [1.82, 2.24) is 5.32 Å². The van der Waals surface area contributed by atoms with Gasteiger partial charge in [-0.1, -0.05) is 0 Å². The monoisotopic (exact) mass is 247 g/mol. The van der Waals surface area contributed by atoms with Crippen molar-refractivity contribution in [2.24, 2.45) is 0 Å². The number of carbonyl (C=O) groups excluding carboxylic acids is 1. The molecule has 1 aromatic carbocycles. The van der Waals surface area contributed by atoms with Gasteiger partial charge in [0.25, 0.3) is 5.91 Å². The molecule has 0 heterocycles. The van der Waals surface area contributed by atoms with Crippen LogP contribution in [0.3, 0.4) is 0 Å². The largest absolute Gasteiger partial charge is 0.508 e. The minimum absolute atomic E-state index is 0.0740. The lowest BCUT2D eigenvalue weighted by Gasteiger charge is -2.12. The number of aliphatic carboxylic acids is 1. The number of aryl methyl sites for hydroxylation is 1. The number of hydrogen-bond donors (Lipinski definition) is 3. The second kappa shape index (κ2) is 5.73. The molecule has 5 heteroatoms. The summed E-state index contributed by atoms with van der Waals surface area (Å²) >= 11 is 0. The average Bonchev–Trinajstić information content (AvgIpc) is 2.31. The molecule has 0 aromatic heterocycles. The first-order valence-corrected chi connectivity index (χ1v) is 5.22. The number of phenols is 1. The van der Waals surface area contributed by atoms with E-state index in [9.17, 15) is 14.7 Å². The van der Waals surface area contributed by atoms with Gasteiger partial charge in [0.2, 0.25) is 0 Å². The summed E-state index contributed by atoms with van der Waals surface area (Å²) in [4.78, 5) is 22.6. The zero-order chi connectivity index (χ0) is 13.7. The number of nitrogens with one attached hydrogen (secondary N) is 1. The summed E-state index contributed by atoms with van der Waals surface area (Å²) in [5.41, 5.74) is 0.806. The predicted octanol–water partition coefficient (Wildman–Crippen LogP) is 0.907. The Hall–Kier alpha value is -2.48. The second-order valence-electron chi connectivity index (χ2n) is 3.77. The van der Waals surface area contributed by atoms with Crippen molar-refractivity contribution in [3.8, 4) is 18.1 Å². The van der Waals surface area contributed by atoms with Crippen molar-refractivity contribution in [3.63, 3.8) is 0 Å². The summed E-state index contributed by atoms with van der Waals surface area (Å²) in [5.74, 6) is 0.540. The Morgan fingerprint density at radius 1 is 1.50 bits per heavy atom. The summed E-state index contributed by atoms with van der Waals surface area (Å²) in [6.45, 7) is 1.64. The molecule has 0 saturated carbocycles. The number of benzene rings is 1. The van der Waals surface area contributed by atoms with Crippen molar-refractivity contribution < 1.29 is 19.8 Å². The lowest BCUT2D eigenvalue weighted by Crippen LogP contribution is -2.40. The van der Waals surface area contributed by atoms with E-state index >= 15 is 0 Å². The van der Waals surface area contributed by atoms with Crippen LogP contribution >= 0.6 is 0 Å². The minimum atomic E-state index is -1.18. The quantitative estimate of drug-likeness (QED) is 0.690. The van der Waals surface area contributed by atoms with E-state index < -0.39 is 17.9 Å². The van der Waals surface area contributed by atoms with E-state index in [1.165, 1.54) is 18.2 Å². The molecule has 0 aliphatic carbocycles. The summed E-state index contributed by atoms with van der Waals surface area (Å²) in [6, 6.07) is 3.14. The van der Waals surface area contributed by atoms with E-state index in [0.717, 1.165) is 0 Å². The molecule has 0 fully saturated rings. The third-order valence-electron chi connectivity index (χ3n) is 2.38. The van der Waals surface area contributed by atoms with Gasteiger partial charge in [-0.25, -0.2) is 4.79 Å². The Kier molecular flexibility index (Phi) is 4.33. The lowest BCUT2D eigenvalue weighted by molar-refractivity contribution is -0.139. The molecular weight excluding hydrogens is 234 g/mol. The van der Waals surface area contributed by atoms with Crippen LogP contribution in [-0.4, -0.2) is 28.1 Å². The van der Waals surface area contributed by atoms with Crippen molar-refractivity contribution in [1.29, 1.82) is 0 Å². The van der Waals surface area contributed by atoms with Crippen LogP contribution < -0.4 is 5.32 Å². The maximum atomic E-state index is 11.8. The summed E-state index contributed by atoms with van der Waals surface area (Å²) < 4.78 is 0. The molecule has 0 aliphatic heterocycles. The van der Waals surface area contributed by atoms with Gasteiger partial charge in [0, 0.05) is 12.0 Å². The first-order chi connectivity index (χ1) is 8.45. The maximum absolute atomic E-state index is 11.8. The smallest absolute Gasteiger partial charge is 0.327 e. The van der Waals surface area contributed by atoms with Gasteiger partial charge in [0.15, 0.2) is 0 Å². The highest BCUT2D eigenvalue weighted by atomic mass is 16.4. The van der Waals surface area contributed by atoms with Gasteiger partial charge >= 0.3 is 5.97 Å². The van der Waals surface area contributed by atoms with Gasteiger partial charge in [-0.2, -0.15) is 0 Å². The van der Waals surface area contributed by atoms with Gasteiger partial charge in [-0.05, 0) is 30.7 Å². The molecule has 0 spiro atoms. The molecule has 1 rings (SSSR count). The van der Waals surface area contributed by atoms with E-state index in [1.807, 2.05) is 0 Å². The van der Waals surface area contributed by atoms with Gasteiger partial charge in [0.1, 0.15) is 11.8 Å². The summed E-state index contributed by atoms with van der Waals surface area (Å²) in [6.07, 6.45) is 4.94. The van der Waals surface area contributed by atoms with Crippen LogP contribution in [0.2, 0.25) is 0 Å². The number of carbonyl (C=O) groups is 2. The van der Waals surface area contributed by atoms with Crippen LogP contribution in [0.5, 0.6) is 5.75 Å². The number of carboxylic acid groups (broad SMARTS) is 1. The van der Waals surface area contributed by atoms with Crippen molar-refractivity contribution in [2.75, 3.05) is 0 Å². The number of carboxylic acids is 1. The van der Waals surface area contributed by atoms with E-state index in [4.69, 9.17) is 11.5 Å². The van der Waals surface area contributed by atoms with Crippen molar-refractivity contribution in [3.05, 3.63) is 29.3 Å². The fourth-order valence-electron chi connectivity index (χ4n) is 1.36. The molecule has 1 aromatic rings. The number of phenolic OH excluding ortho intramolecular Hbond substituents is 1. The molecule has 94 valence electrons. The molecule has 5 nitrogen and oxygen atoms in total. The molecule has 1 unspecified atom stereocenters. The molecule has 0 radical (unpaired) electrons. The van der Waals surface area contributed by atoms with Gasteiger partial charge in [0.05, 0.1) is 0 Å². The highest BCUT2D eigenvalue weighted by Gasteiger charge is 2.19. The van der Waals surface area contributed by atoms with E-state index in [0.29, 0.717) is 5.56 Å². The number of terminal acetylenes is 1. The average molecular weight is 247 g/mol. The Labute approximate surface area is 104 Å². The first-order valence-electron chi connectivity index (χ1n) is 5.22. The standard InChI is InChI=1S/C13H13NO4/c1-3-4-10(13(17)18)14-12(16)9-5-6-11(15)8(2)7-9/h1,5-7,10,15H,4H2,2H3,(H,14,16)(H,17,18). The number of aromatic hydroxyl groups is 1. The Bertz CT molecular complexity index is 516. The van der Waals surface area contributed by atoms with Crippen molar-refractivity contribution in [2.45, 2.75) is 19.4 Å². The minimum Gasteiger partial charge on any atom is -0.508 e. The third-order valence-corrected chi connectivity index (χ3v) is 2.38. The highest BCUT2D eigenvalue weighted by molar-refractivity contribution is 5.96. The molecular formula is C13H13NO4. The van der Waals surface area contributed by atoms with E-state index in [2.05, 4.69) is 11.2 Å². The Balaban J connectivity index is 2.84. The summed E-state index contributed by atoms with van der Waals surface area (Å²) in [5, 5.41) is 20.5. The number of rotatable bonds is 4. The van der Waals surface area contributed by atoms with Gasteiger partial charge in [-0.3, -0.25) is 4.79 Å². The topological polar surface area (TPSA) is 86.6 Å². The van der Waals surface area contributed by atoms with E-state index in [-0.39, 0.29) is 17.7 Å². The van der Waals surface area contributed by atoms with Crippen LogP contribution in [0, 0.1) is 19.3 Å². The predicted molar refractivity (Wildman–Crippen MR) is 65.2 cm³/mol. The van der Waals surface area contributed by atoms with Crippen LogP contribution in [0.25, 0.3) is 0 Å². The fraction of sp³-hybridized carbons (Fsp3) is 0.231. The zero-order valence-corrected chi connectivity index (χ0v) is 9.80.